The summed E-state index contributed by atoms with van der Waals surface area (Å²) < 4.78 is 61.8. The molecule has 0 unspecified atom stereocenters. The van der Waals surface area contributed by atoms with Crippen LogP contribution in [-0.2, 0) is 17.4 Å². The zero-order valence-electron chi connectivity index (χ0n) is 8.50. The Morgan fingerprint density at radius 1 is 1.39 bits per heavy atom. The van der Waals surface area contributed by atoms with E-state index in [0.29, 0.717) is 0 Å². The molecule has 0 spiro atoms. The van der Waals surface area contributed by atoms with E-state index in [9.17, 15) is 31.9 Å². The summed E-state index contributed by atoms with van der Waals surface area (Å²) in [6, 6.07) is 0.231. The molecule has 18 heavy (non-hydrogen) atoms. The van der Waals surface area contributed by atoms with Gasteiger partial charge in [-0.2, -0.15) is 13.2 Å². The Morgan fingerprint density at radius 2 is 1.94 bits per heavy atom. The molecule has 1 aromatic heterocycles. The van der Waals surface area contributed by atoms with Crippen LogP contribution in [0, 0.1) is 0 Å². The Bertz CT molecular complexity index is 472. The minimum absolute atomic E-state index is 0.231. The van der Waals surface area contributed by atoms with Gasteiger partial charge in [-0.25, -0.2) is 13.8 Å². The van der Waals surface area contributed by atoms with Crippen molar-refractivity contribution >= 4 is 5.97 Å². The van der Waals surface area contributed by atoms with Gasteiger partial charge in [-0.05, 0) is 6.07 Å². The molecule has 0 fully saturated rings. The number of aromatic nitrogens is 1. The highest BCUT2D eigenvalue weighted by atomic mass is 19.4. The number of halogens is 5. The number of hydrogen-bond acceptors (Lipinski definition) is 3. The molecule has 0 aliphatic rings. The van der Waals surface area contributed by atoms with Crippen molar-refractivity contribution < 1.29 is 37.0 Å². The number of pyridine rings is 1. The summed E-state index contributed by atoms with van der Waals surface area (Å²) in [6.45, 7) is 0. The van der Waals surface area contributed by atoms with E-state index < -0.39 is 47.7 Å². The number of alkyl halides is 5. The maximum atomic E-state index is 12.4. The SMILES string of the molecule is O=C(O)Cc1cc(C(F)(F)F)nc(C(F)F)c1O. The molecule has 1 heterocycles. The van der Waals surface area contributed by atoms with E-state index in [1.165, 1.54) is 0 Å². The first-order chi connectivity index (χ1) is 8.12. The van der Waals surface area contributed by atoms with Crippen LogP contribution in [-0.4, -0.2) is 21.2 Å². The van der Waals surface area contributed by atoms with Gasteiger partial charge in [0.1, 0.15) is 17.1 Å². The molecule has 0 aliphatic carbocycles. The van der Waals surface area contributed by atoms with Crippen LogP contribution in [0.3, 0.4) is 0 Å². The predicted octanol–water partition coefficient (Wildman–Crippen LogP) is 2.37. The third-order valence-electron chi connectivity index (χ3n) is 1.94. The standard InChI is InChI=1S/C9H6F5NO3/c10-8(11)6-7(18)3(2-5(16)17)1-4(15-6)9(12,13)14/h1,8,18H,2H2,(H,16,17). The maximum absolute atomic E-state index is 12.4. The summed E-state index contributed by atoms with van der Waals surface area (Å²) in [4.78, 5) is 13.0. The Labute approximate surface area is 96.7 Å². The molecule has 1 aromatic rings. The first kappa shape index (κ1) is 14.1. The lowest BCUT2D eigenvalue weighted by Gasteiger charge is -2.12. The molecular weight excluding hydrogens is 265 g/mol. The number of carboxylic acid groups (broad SMARTS) is 1. The largest absolute Gasteiger partial charge is 0.506 e. The Morgan fingerprint density at radius 3 is 2.33 bits per heavy atom. The smallest absolute Gasteiger partial charge is 0.433 e. The van der Waals surface area contributed by atoms with Gasteiger partial charge >= 0.3 is 12.1 Å². The number of nitrogens with zero attached hydrogens (tertiary/aromatic N) is 1. The molecule has 100 valence electrons. The van der Waals surface area contributed by atoms with Gasteiger partial charge in [0.15, 0.2) is 0 Å². The van der Waals surface area contributed by atoms with E-state index in [1.807, 2.05) is 0 Å². The van der Waals surface area contributed by atoms with Crippen LogP contribution in [0.4, 0.5) is 22.0 Å². The maximum Gasteiger partial charge on any atom is 0.433 e. The van der Waals surface area contributed by atoms with Gasteiger partial charge in [-0.3, -0.25) is 4.79 Å². The first-order valence-electron chi connectivity index (χ1n) is 4.43. The van der Waals surface area contributed by atoms with Crippen molar-refractivity contribution in [2.45, 2.75) is 19.0 Å². The zero-order valence-corrected chi connectivity index (χ0v) is 8.50. The number of rotatable bonds is 3. The van der Waals surface area contributed by atoms with Crippen molar-refractivity contribution in [3.8, 4) is 5.75 Å². The third-order valence-corrected chi connectivity index (χ3v) is 1.94. The summed E-state index contributed by atoms with van der Waals surface area (Å²) in [5, 5.41) is 17.6. The summed E-state index contributed by atoms with van der Waals surface area (Å²) in [7, 11) is 0. The molecule has 0 saturated carbocycles. The molecule has 0 saturated heterocycles. The number of aromatic hydroxyl groups is 1. The van der Waals surface area contributed by atoms with Crippen LogP contribution >= 0.6 is 0 Å². The Balaban J connectivity index is 3.41. The minimum Gasteiger partial charge on any atom is -0.506 e. The second kappa shape index (κ2) is 4.75. The molecule has 2 N–H and O–H groups in total. The van der Waals surface area contributed by atoms with E-state index in [0.717, 1.165) is 0 Å². The molecule has 0 aliphatic heterocycles. The fourth-order valence-corrected chi connectivity index (χ4v) is 1.21. The van der Waals surface area contributed by atoms with Crippen molar-refractivity contribution in [1.29, 1.82) is 0 Å². The number of carbonyl (C=O) groups is 1. The number of hydrogen-bond donors (Lipinski definition) is 2. The van der Waals surface area contributed by atoms with E-state index in [4.69, 9.17) is 5.11 Å². The summed E-state index contributed by atoms with van der Waals surface area (Å²) in [5.41, 5.74) is -3.92. The van der Waals surface area contributed by atoms with Crippen LogP contribution in [0.25, 0.3) is 0 Å². The van der Waals surface area contributed by atoms with E-state index in [2.05, 4.69) is 4.98 Å². The minimum atomic E-state index is -5.01. The normalized spacial score (nSPS) is 11.9. The quantitative estimate of drug-likeness (QED) is 0.828. The van der Waals surface area contributed by atoms with Crippen LogP contribution < -0.4 is 0 Å². The lowest BCUT2D eigenvalue weighted by molar-refractivity contribution is -0.142. The Kier molecular flexibility index (Phi) is 3.73. The molecule has 0 radical (unpaired) electrons. The van der Waals surface area contributed by atoms with E-state index in [1.54, 1.807) is 0 Å². The molecule has 0 bridgehead atoms. The number of carboxylic acids is 1. The molecule has 9 heteroatoms. The lowest BCUT2D eigenvalue weighted by atomic mass is 10.1. The molecule has 0 atom stereocenters. The van der Waals surface area contributed by atoms with Gasteiger partial charge in [0.2, 0.25) is 0 Å². The second-order valence-corrected chi connectivity index (χ2v) is 3.27. The molecular formula is C9H6F5NO3. The second-order valence-electron chi connectivity index (χ2n) is 3.27. The fourth-order valence-electron chi connectivity index (χ4n) is 1.21. The summed E-state index contributed by atoms with van der Waals surface area (Å²) >= 11 is 0. The average molecular weight is 271 g/mol. The highest BCUT2D eigenvalue weighted by molar-refractivity contribution is 5.71. The zero-order chi connectivity index (χ0) is 14.1. The van der Waals surface area contributed by atoms with Crippen LogP contribution in [0.15, 0.2) is 6.07 Å². The number of aliphatic carboxylic acids is 1. The highest BCUT2D eigenvalue weighted by Crippen LogP contribution is 2.35. The highest BCUT2D eigenvalue weighted by Gasteiger charge is 2.35. The monoisotopic (exact) mass is 271 g/mol. The fraction of sp³-hybridized carbons (Fsp3) is 0.333. The van der Waals surface area contributed by atoms with Crippen molar-refractivity contribution in [3.63, 3.8) is 0 Å². The van der Waals surface area contributed by atoms with Gasteiger partial charge in [0, 0.05) is 5.56 Å². The summed E-state index contributed by atoms with van der Waals surface area (Å²) in [5.74, 6) is -2.80. The van der Waals surface area contributed by atoms with Crippen molar-refractivity contribution in [2.75, 3.05) is 0 Å². The van der Waals surface area contributed by atoms with Gasteiger partial charge in [0.05, 0.1) is 6.42 Å². The first-order valence-corrected chi connectivity index (χ1v) is 4.43. The summed E-state index contributed by atoms with van der Waals surface area (Å²) in [6.07, 6.45) is -9.47. The van der Waals surface area contributed by atoms with Gasteiger partial charge in [-0.1, -0.05) is 0 Å². The van der Waals surface area contributed by atoms with Crippen molar-refractivity contribution in [2.24, 2.45) is 0 Å². The lowest BCUT2D eigenvalue weighted by Crippen LogP contribution is -2.12. The molecule has 1 rings (SSSR count). The van der Waals surface area contributed by atoms with Crippen molar-refractivity contribution in [1.82, 2.24) is 4.98 Å². The third kappa shape index (κ3) is 3.05. The molecule has 0 amide bonds. The van der Waals surface area contributed by atoms with Crippen molar-refractivity contribution in [3.05, 3.63) is 23.0 Å². The average Bonchev–Trinajstić information content (AvgIpc) is 2.18. The van der Waals surface area contributed by atoms with Gasteiger partial charge in [-0.15, -0.1) is 0 Å². The van der Waals surface area contributed by atoms with E-state index in [-0.39, 0.29) is 6.07 Å². The van der Waals surface area contributed by atoms with Crippen LogP contribution in [0.1, 0.15) is 23.4 Å². The van der Waals surface area contributed by atoms with E-state index >= 15 is 0 Å². The molecule has 4 nitrogen and oxygen atoms in total. The predicted molar refractivity (Wildman–Crippen MR) is 47.2 cm³/mol. The molecule has 0 aromatic carbocycles. The van der Waals surface area contributed by atoms with Gasteiger partial charge < -0.3 is 10.2 Å². The van der Waals surface area contributed by atoms with Gasteiger partial charge in [0.25, 0.3) is 6.43 Å². The van der Waals surface area contributed by atoms with Crippen LogP contribution in [0.5, 0.6) is 5.75 Å². The topological polar surface area (TPSA) is 70.4 Å². The Hall–Kier alpha value is -1.93. The van der Waals surface area contributed by atoms with Crippen LogP contribution in [0.2, 0.25) is 0 Å².